The molecule has 0 aromatic carbocycles. The van der Waals surface area contributed by atoms with Gasteiger partial charge in [-0.25, -0.2) is 0 Å². The highest BCUT2D eigenvalue weighted by atomic mass is 16.5. The molecule has 0 bridgehead atoms. The first-order valence-electron chi connectivity index (χ1n) is 5.74. The number of amides is 2. The monoisotopic (exact) mass is 249 g/mol. The van der Waals surface area contributed by atoms with Gasteiger partial charge in [-0.3, -0.25) is 14.6 Å². The summed E-state index contributed by atoms with van der Waals surface area (Å²) in [5, 5.41) is 2.48. The summed E-state index contributed by atoms with van der Waals surface area (Å²) in [4.78, 5) is 27.8. The van der Waals surface area contributed by atoms with E-state index in [1.165, 1.54) is 6.92 Å². The van der Waals surface area contributed by atoms with Crippen LogP contribution in [0.2, 0.25) is 0 Å². The highest BCUT2D eigenvalue weighted by Gasteiger charge is 2.31. The van der Waals surface area contributed by atoms with E-state index < -0.39 is 0 Å². The van der Waals surface area contributed by atoms with E-state index in [0.29, 0.717) is 18.8 Å². The fourth-order valence-corrected chi connectivity index (χ4v) is 1.64. The number of hydrogen-bond acceptors (Lipinski definition) is 4. The Morgan fingerprint density at radius 3 is 2.94 bits per heavy atom. The molecule has 1 aromatic rings. The van der Waals surface area contributed by atoms with Crippen LogP contribution < -0.4 is 10.1 Å². The largest absolute Gasteiger partial charge is 0.485 e. The van der Waals surface area contributed by atoms with Crippen LogP contribution >= 0.6 is 0 Å². The quantitative estimate of drug-likeness (QED) is 0.802. The van der Waals surface area contributed by atoms with Crippen LogP contribution in [0.3, 0.4) is 0 Å². The van der Waals surface area contributed by atoms with Gasteiger partial charge in [-0.2, -0.15) is 0 Å². The molecule has 1 N–H and O–H groups in total. The van der Waals surface area contributed by atoms with Crippen LogP contribution in [0, 0.1) is 0 Å². The van der Waals surface area contributed by atoms with E-state index in [1.54, 1.807) is 23.4 Å². The third kappa shape index (κ3) is 3.19. The molecule has 6 nitrogen and oxygen atoms in total. The van der Waals surface area contributed by atoms with Crippen LogP contribution in [-0.4, -0.2) is 47.4 Å². The van der Waals surface area contributed by atoms with Crippen LogP contribution in [0.25, 0.3) is 0 Å². The lowest BCUT2D eigenvalue weighted by Gasteiger charge is -2.38. The fraction of sp³-hybridized carbons (Fsp3) is 0.417. The molecule has 6 heteroatoms. The summed E-state index contributed by atoms with van der Waals surface area (Å²) in [5.74, 6) is 0.416. The van der Waals surface area contributed by atoms with Gasteiger partial charge < -0.3 is 15.0 Å². The van der Waals surface area contributed by atoms with Gasteiger partial charge in [-0.15, -0.1) is 0 Å². The first-order valence-corrected chi connectivity index (χ1v) is 5.74. The summed E-state index contributed by atoms with van der Waals surface area (Å²) >= 11 is 0. The van der Waals surface area contributed by atoms with E-state index in [0.717, 1.165) is 0 Å². The van der Waals surface area contributed by atoms with E-state index in [9.17, 15) is 9.59 Å². The molecular weight excluding hydrogens is 234 g/mol. The highest BCUT2D eigenvalue weighted by Crippen LogP contribution is 2.16. The molecule has 0 spiro atoms. The van der Waals surface area contributed by atoms with Crippen LogP contribution in [0.15, 0.2) is 24.5 Å². The number of rotatable bonds is 4. The van der Waals surface area contributed by atoms with Crippen molar-refractivity contribution in [1.29, 1.82) is 0 Å². The van der Waals surface area contributed by atoms with Crippen molar-refractivity contribution in [2.45, 2.75) is 13.0 Å². The Labute approximate surface area is 105 Å². The number of carbonyl (C=O) groups excluding carboxylic acids is 2. The fourth-order valence-electron chi connectivity index (χ4n) is 1.64. The Kier molecular flexibility index (Phi) is 3.76. The van der Waals surface area contributed by atoms with Crippen LogP contribution in [-0.2, 0) is 9.59 Å². The second-order valence-electron chi connectivity index (χ2n) is 4.14. The molecule has 1 fully saturated rings. The summed E-state index contributed by atoms with van der Waals surface area (Å²) < 4.78 is 5.61. The number of aromatic nitrogens is 1. The predicted octanol–water partition coefficient (Wildman–Crippen LogP) is -0.193. The van der Waals surface area contributed by atoms with E-state index in [4.69, 9.17) is 4.74 Å². The summed E-state index contributed by atoms with van der Waals surface area (Å²) in [6.07, 6.45) is 3.33. The summed E-state index contributed by atoms with van der Waals surface area (Å²) in [5.41, 5.74) is 0. The molecule has 0 aliphatic carbocycles. The molecule has 0 atom stereocenters. The molecule has 2 amide bonds. The average molecular weight is 249 g/mol. The summed E-state index contributed by atoms with van der Waals surface area (Å²) in [6, 6.07) is 3.63. The summed E-state index contributed by atoms with van der Waals surface area (Å²) in [7, 11) is 0. The molecule has 1 aliphatic heterocycles. The molecule has 1 saturated heterocycles. The van der Waals surface area contributed by atoms with Crippen molar-refractivity contribution in [3.63, 3.8) is 0 Å². The van der Waals surface area contributed by atoms with E-state index >= 15 is 0 Å². The van der Waals surface area contributed by atoms with Gasteiger partial charge in [0.15, 0.2) is 0 Å². The maximum absolute atomic E-state index is 11.6. The number of nitrogens with zero attached hydrogens (tertiary/aromatic N) is 2. The zero-order valence-corrected chi connectivity index (χ0v) is 10.1. The zero-order chi connectivity index (χ0) is 13.0. The normalized spacial score (nSPS) is 14.8. The van der Waals surface area contributed by atoms with Gasteiger partial charge in [0.25, 0.3) is 0 Å². The van der Waals surface area contributed by atoms with Crippen molar-refractivity contribution < 1.29 is 14.3 Å². The van der Waals surface area contributed by atoms with Gasteiger partial charge in [0.2, 0.25) is 11.8 Å². The molecule has 18 heavy (non-hydrogen) atoms. The number of likely N-dealkylation sites (tertiary alicyclic amines) is 1. The maximum atomic E-state index is 11.6. The third-order valence-corrected chi connectivity index (χ3v) is 2.63. The number of carbonyl (C=O) groups is 2. The second-order valence-corrected chi connectivity index (χ2v) is 4.14. The molecule has 0 radical (unpaired) electrons. The van der Waals surface area contributed by atoms with Gasteiger partial charge in [-0.1, -0.05) is 0 Å². The molecule has 2 rings (SSSR count). The average Bonchev–Trinajstić information content (AvgIpc) is 2.31. The lowest BCUT2D eigenvalue weighted by atomic mass is 10.1. The standard InChI is InChI=1S/C12H15N3O3/c1-9(16)14-6-12(17)15-7-11(8-15)18-10-3-2-4-13-5-10/h2-5,11H,6-8H2,1H3,(H,14,16). The van der Waals surface area contributed by atoms with Crippen molar-refractivity contribution >= 4 is 11.8 Å². The molecule has 96 valence electrons. The second kappa shape index (κ2) is 5.48. The number of hydrogen-bond donors (Lipinski definition) is 1. The Hall–Kier alpha value is -2.11. The number of ether oxygens (including phenoxy) is 1. The predicted molar refractivity (Wildman–Crippen MR) is 63.9 cm³/mol. The smallest absolute Gasteiger partial charge is 0.242 e. The Bertz CT molecular complexity index is 429. The topological polar surface area (TPSA) is 71.5 Å². The lowest BCUT2D eigenvalue weighted by molar-refractivity contribution is -0.140. The minimum atomic E-state index is -0.202. The SMILES string of the molecule is CC(=O)NCC(=O)N1CC(Oc2cccnc2)C1. The number of nitrogens with one attached hydrogen (secondary N) is 1. The van der Waals surface area contributed by atoms with Crippen molar-refractivity contribution in [3.8, 4) is 5.75 Å². The van der Waals surface area contributed by atoms with Gasteiger partial charge in [-0.05, 0) is 12.1 Å². The molecule has 1 aliphatic rings. The highest BCUT2D eigenvalue weighted by molar-refractivity contribution is 5.84. The Morgan fingerprint density at radius 2 is 2.33 bits per heavy atom. The Balaban J connectivity index is 1.70. The van der Waals surface area contributed by atoms with Gasteiger partial charge in [0.05, 0.1) is 25.8 Å². The van der Waals surface area contributed by atoms with E-state index in [1.807, 2.05) is 6.07 Å². The lowest BCUT2D eigenvalue weighted by Crippen LogP contribution is -2.58. The molecule has 1 aromatic heterocycles. The first-order chi connectivity index (χ1) is 8.65. The van der Waals surface area contributed by atoms with Gasteiger partial charge >= 0.3 is 0 Å². The number of pyridine rings is 1. The summed E-state index contributed by atoms with van der Waals surface area (Å²) in [6.45, 7) is 2.53. The van der Waals surface area contributed by atoms with Crippen LogP contribution in [0.5, 0.6) is 5.75 Å². The van der Waals surface area contributed by atoms with Crippen LogP contribution in [0.1, 0.15) is 6.92 Å². The van der Waals surface area contributed by atoms with Gasteiger partial charge in [0.1, 0.15) is 11.9 Å². The molecule has 2 heterocycles. The minimum absolute atomic E-state index is 0.00970. The van der Waals surface area contributed by atoms with Crippen molar-refractivity contribution in [2.75, 3.05) is 19.6 Å². The molecule has 0 saturated carbocycles. The maximum Gasteiger partial charge on any atom is 0.242 e. The molecule has 0 unspecified atom stereocenters. The van der Waals surface area contributed by atoms with Gasteiger partial charge in [0, 0.05) is 13.1 Å². The van der Waals surface area contributed by atoms with E-state index in [2.05, 4.69) is 10.3 Å². The van der Waals surface area contributed by atoms with Crippen LogP contribution in [0.4, 0.5) is 0 Å². The zero-order valence-electron chi connectivity index (χ0n) is 10.1. The van der Waals surface area contributed by atoms with E-state index in [-0.39, 0.29) is 24.5 Å². The third-order valence-electron chi connectivity index (χ3n) is 2.63. The van der Waals surface area contributed by atoms with Crippen molar-refractivity contribution in [1.82, 2.24) is 15.2 Å². The van der Waals surface area contributed by atoms with Crippen molar-refractivity contribution in [2.24, 2.45) is 0 Å². The molecular formula is C12H15N3O3. The Morgan fingerprint density at radius 1 is 1.56 bits per heavy atom. The minimum Gasteiger partial charge on any atom is -0.485 e. The first kappa shape index (κ1) is 12.3. The van der Waals surface area contributed by atoms with Crippen molar-refractivity contribution in [3.05, 3.63) is 24.5 Å².